The summed E-state index contributed by atoms with van der Waals surface area (Å²) in [6.07, 6.45) is 0.689. The van der Waals surface area contributed by atoms with Crippen molar-refractivity contribution in [2.24, 2.45) is 0 Å². The van der Waals surface area contributed by atoms with Crippen LogP contribution in [-0.4, -0.2) is 153 Å². The summed E-state index contributed by atoms with van der Waals surface area (Å²) in [5, 5.41) is 17.1. The van der Waals surface area contributed by atoms with Crippen LogP contribution in [0.3, 0.4) is 0 Å². The van der Waals surface area contributed by atoms with E-state index in [1.165, 1.54) is 12.1 Å². The number of carbonyl (C=O) groups is 4. The predicted octanol–water partition coefficient (Wildman–Crippen LogP) is 1.91. The summed E-state index contributed by atoms with van der Waals surface area (Å²) < 4.78 is 53.7. The lowest BCUT2D eigenvalue weighted by molar-refractivity contribution is -0.138. The van der Waals surface area contributed by atoms with Crippen LogP contribution in [0.5, 0.6) is 5.75 Å². The van der Waals surface area contributed by atoms with Crippen LogP contribution in [0.1, 0.15) is 50.4 Å². The van der Waals surface area contributed by atoms with Gasteiger partial charge in [-0.05, 0) is 51.8 Å². The largest absolute Gasteiger partial charge is 0.484 e. The van der Waals surface area contributed by atoms with Gasteiger partial charge in [-0.2, -0.15) is 0 Å². The molecule has 0 unspecified atom stereocenters. The molecule has 2 aromatic rings. The van der Waals surface area contributed by atoms with Crippen LogP contribution in [-0.2, 0) is 47.5 Å². The SMILES string of the molecule is CC(C)(C)OC(=O)NCCCOCCOCCOCCCNC(=O)c1cc2ccc(OCC(=O)NCCOCCOCCOCCOCCC(=O)O)cc2oc1=O. The number of nitrogens with one attached hydrogen (secondary N) is 3. The van der Waals surface area contributed by atoms with Crippen LogP contribution >= 0.6 is 0 Å². The summed E-state index contributed by atoms with van der Waals surface area (Å²) >= 11 is 0. The molecule has 0 saturated heterocycles. The second-order valence-corrected chi connectivity index (χ2v) is 13.1. The van der Waals surface area contributed by atoms with Crippen molar-refractivity contribution in [2.75, 3.05) is 119 Å². The van der Waals surface area contributed by atoms with Gasteiger partial charge in [-0.15, -0.1) is 0 Å². The van der Waals surface area contributed by atoms with Crippen molar-refractivity contribution in [3.8, 4) is 5.75 Å². The minimum atomic E-state index is -0.906. The molecule has 322 valence electrons. The number of rotatable bonds is 33. The Labute approximate surface area is 332 Å². The third kappa shape index (κ3) is 25.5. The second-order valence-electron chi connectivity index (χ2n) is 13.1. The molecular weight excluding hydrogens is 754 g/mol. The quantitative estimate of drug-likeness (QED) is 0.0595. The molecule has 1 aromatic heterocycles. The van der Waals surface area contributed by atoms with Crippen molar-refractivity contribution >= 4 is 34.8 Å². The molecule has 1 aromatic carbocycles. The number of amides is 3. The Morgan fingerprint density at radius 2 is 1.18 bits per heavy atom. The van der Waals surface area contributed by atoms with Crippen LogP contribution in [0, 0.1) is 0 Å². The van der Waals surface area contributed by atoms with Gasteiger partial charge in [0.15, 0.2) is 6.61 Å². The lowest BCUT2D eigenvalue weighted by Gasteiger charge is -2.19. The number of alkyl carbamates (subject to hydrolysis) is 1. The maximum absolute atomic E-state index is 12.6. The molecule has 1 heterocycles. The zero-order valence-corrected chi connectivity index (χ0v) is 33.2. The van der Waals surface area contributed by atoms with Crippen LogP contribution < -0.4 is 26.3 Å². The highest BCUT2D eigenvalue weighted by atomic mass is 16.6. The number of hydrogen-bond acceptors (Lipinski definition) is 15. The van der Waals surface area contributed by atoms with Crippen LogP contribution in [0.2, 0.25) is 0 Å². The van der Waals surface area contributed by atoms with Gasteiger partial charge < -0.3 is 68.1 Å². The van der Waals surface area contributed by atoms with Gasteiger partial charge in [0.25, 0.3) is 11.8 Å². The third-order valence-corrected chi connectivity index (χ3v) is 7.10. The van der Waals surface area contributed by atoms with E-state index in [9.17, 15) is 24.0 Å². The Morgan fingerprint density at radius 1 is 0.649 bits per heavy atom. The average Bonchev–Trinajstić information content (AvgIpc) is 3.15. The van der Waals surface area contributed by atoms with Crippen LogP contribution in [0.4, 0.5) is 4.79 Å². The molecule has 4 N–H and O–H groups in total. The van der Waals surface area contributed by atoms with E-state index in [1.807, 2.05) is 0 Å². The van der Waals surface area contributed by atoms with E-state index in [0.717, 1.165) is 0 Å². The topological polar surface area (TPSA) is 238 Å². The Morgan fingerprint density at radius 3 is 1.74 bits per heavy atom. The molecule has 0 aliphatic rings. The number of carbonyl (C=O) groups excluding carboxylic acids is 3. The Kier molecular flexibility index (Phi) is 25.5. The summed E-state index contributed by atoms with van der Waals surface area (Å²) in [6.45, 7) is 11.2. The molecule has 0 saturated carbocycles. The molecule has 0 atom stereocenters. The average molecular weight is 814 g/mol. The number of aliphatic carboxylic acids is 1. The standard InChI is InChI=1S/C38H59N3O16/c1-38(2,3)57-37(47)41-10-5-13-49-17-21-52-20-16-48-12-4-9-40-35(45)31-26-29-6-7-30(27-32(29)56-36(31)46)55-28-33(42)39-11-15-51-19-23-54-25-24-53-22-18-50-14-8-34(43)44/h6-7,26-27H,4-5,8-25,28H2,1-3H3,(H,39,42)(H,40,45)(H,41,47)(H,43,44). The van der Waals surface area contributed by atoms with Crippen molar-refractivity contribution < 1.29 is 71.3 Å². The van der Waals surface area contributed by atoms with Crippen molar-refractivity contribution in [2.45, 2.75) is 45.6 Å². The monoisotopic (exact) mass is 813 g/mol. The lowest BCUT2D eigenvalue weighted by Crippen LogP contribution is -2.33. The van der Waals surface area contributed by atoms with Gasteiger partial charge in [-0.3, -0.25) is 14.4 Å². The third-order valence-electron chi connectivity index (χ3n) is 7.10. The zero-order chi connectivity index (χ0) is 41.6. The zero-order valence-electron chi connectivity index (χ0n) is 33.2. The van der Waals surface area contributed by atoms with Gasteiger partial charge in [0, 0.05) is 44.3 Å². The van der Waals surface area contributed by atoms with Crippen molar-refractivity contribution in [1.82, 2.24) is 16.0 Å². The first-order valence-electron chi connectivity index (χ1n) is 18.9. The fourth-order valence-corrected chi connectivity index (χ4v) is 4.42. The Hall–Kier alpha value is -4.37. The minimum Gasteiger partial charge on any atom is -0.484 e. The van der Waals surface area contributed by atoms with E-state index in [2.05, 4.69) is 16.0 Å². The second kappa shape index (κ2) is 29.8. The highest BCUT2D eigenvalue weighted by molar-refractivity contribution is 5.96. The highest BCUT2D eigenvalue weighted by Crippen LogP contribution is 2.20. The number of hydrogen-bond donors (Lipinski definition) is 4. The molecule has 19 nitrogen and oxygen atoms in total. The number of ether oxygens (including phenoxy) is 9. The number of benzene rings is 1. The Bertz CT molecular complexity index is 1510. The first-order chi connectivity index (χ1) is 27.4. The Balaban J connectivity index is 1.47. The molecule has 0 fully saturated rings. The van der Waals surface area contributed by atoms with Gasteiger partial charge in [0.05, 0.1) is 85.7 Å². The summed E-state index contributed by atoms with van der Waals surface area (Å²) in [7, 11) is 0. The summed E-state index contributed by atoms with van der Waals surface area (Å²) in [6, 6.07) is 6.14. The van der Waals surface area contributed by atoms with E-state index in [4.69, 9.17) is 52.2 Å². The lowest BCUT2D eigenvalue weighted by atomic mass is 10.1. The van der Waals surface area contributed by atoms with E-state index in [-0.39, 0.29) is 56.4 Å². The summed E-state index contributed by atoms with van der Waals surface area (Å²) in [5.74, 6) is -1.53. The van der Waals surface area contributed by atoms with Gasteiger partial charge in [0.2, 0.25) is 0 Å². The molecule has 3 amide bonds. The molecule has 0 aliphatic carbocycles. The molecular formula is C38H59N3O16. The van der Waals surface area contributed by atoms with Gasteiger partial charge in [0.1, 0.15) is 22.5 Å². The first kappa shape index (κ1) is 48.8. The van der Waals surface area contributed by atoms with Crippen molar-refractivity contribution in [3.05, 3.63) is 40.2 Å². The van der Waals surface area contributed by atoms with Crippen molar-refractivity contribution in [1.29, 1.82) is 0 Å². The molecule has 57 heavy (non-hydrogen) atoms. The van der Waals surface area contributed by atoms with Gasteiger partial charge in [-0.25, -0.2) is 9.59 Å². The fraction of sp³-hybridized carbons (Fsp3) is 0.658. The molecule has 0 radical (unpaired) electrons. The smallest absolute Gasteiger partial charge is 0.407 e. The molecule has 0 bridgehead atoms. The predicted molar refractivity (Wildman–Crippen MR) is 205 cm³/mol. The van der Waals surface area contributed by atoms with Crippen molar-refractivity contribution in [3.63, 3.8) is 0 Å². The molecule has 0 spiro atoms. The normalized spacial score (nSPS) is 11.4. The fourth-order valence-electron chi connectivity index (χ4n) is 4.42. The van der Waals surface area contributed by atoms with E-state index < -0.39 is 29.2 Å². The number of carboxylic acids is 1. The van der Waals surface area contributed by atoms with E-state index >= 15 is 0 Å². The maximum Gasteiger partial charge on any atom is 0.407 e. The first-order valence-corrected chi connectivity index (χ1v) is 18.9. The van der Waals surface area contributed by atoms with Gasteiger partial charge in [-0.1, -0.05) is 0 Å². The number of fused-ring (bicyclic) bond motifs is 1. The minimum absolute atomic E-state index is 0.0406. The highest BCUT2D eigenvalue weighted by Gasteiger charge is 2.16. The van der Waals surface area contributed by atoms with E-state index in [1.54, 1.807) is 32.9 Å². The molecule has 2 rings (SSSR count). The summed E-state index contributed by atoms with van der Waals surface area (Å²) in [5.41, 5.74) is -1.27. The summed E-state index contributed by atoms with van der Waals surface area (Å²) in [4.78, 5) is 59.3. The van der Waals surface area contributed by atoms with Crippen LogP contribution in [0.15, 0.2) is 33.5 Å². The maximum atomic E-state index is 12.6. The van der Waals surface area contributed by atoms with E-state index in [0.29, 0.717) is 110 Å². The molecule has 0 aliphatic heterocycles. The number of carboxylic acid groups (broad SMARTS) is 1. The van der Waals surface area contributed by atoms with Crippen LogP contribution in [0.25, 0.3) is 11.0 Å². The van der Waals surface area contributed by atoms with Gasteiger partial charge >= 0.3 is 17.7 Å². The molecule has 19 heteroatoms.